The standard InChI is InChI=1S/ClH.Fe.O4Si/c;;1-5(2,3)4/h1H;;/q;+5;-4/p-1. The molecule has 0 aliphatic carbocycles. The largest absolute Gasteiger partial charge is 5.00 e. The van der Waals surface area contributed by atoms with Crippen LogP contribution >= 0.6 is 0 Å². The summed E-state index contributed by atoms with van der Waals surface area (Å²) in [4.78, 5) is 34.3. The van der Waals surface area contributed by atoms with Crippen LogP contribution in [0.4, 0.5) is 0 Å². The van der Waals surface area contributed by atoms with Gasteiger partial charge in [-0.05, 0) is 0 Å². The summed E-state index contributed by atoms with van der Waals surface area (Å²) in [5, 5.41) is 0. The van der Waals surface area contributed by atoms with Crippen molar-refractivity contribution >= 4 is 9.05 Å². The second-order valence-corrected chi connectivity index (χ2v) is 1.50. The van der Waals surface area contributed by atoms with Gasteiger partial charge in [0.05, 0.1) is 0 Å². The number of halogens is 1. The molecule has 0 saturated heterocycles. The zero-order valence-electron chi connectivity index (χ0n) is 2.86. The van der Waals surface area contributed by atoms with Crippen molar-refractivity contribution in [3.05, 3.63) is 0 Å². The molecule has 0 rings (SSSR count). The van der Waals surface area contributed by atoms with Crippen molar-refractivity contribution in [1.82, 2.24) is 0 Å². The maximum Gasteiger partial charge on any atom is 5.00 e. The molecule has 0 heterocycles. The molecule has 0 aliphatic rings. The Bertz CT molecular complexity index is 27.2. The molecule has 0 fully saturated rings. The summed E-state index contributed by atoms with van der Waals surface area (Å²) >= 11 is 0. The van der Waals surface area contributed by atoms with E-state index in [0.29, 0.717) is 0 Å². The Kier molecular flexibility index (Phi) is 11.2. The zero-order valence-corrected chi connectivity index (χ0v) is 5.72. The molecule has 0 amide bonds. The summed E-state index contributed by atoms with van der Waals surface area (Å²) in [6, 6.07) is 0. The van der Waals surface area contributed by atoms with Gasteiger partial charge in [-0.1, -0.05) is 0 Å². The quantitative estimate of drug-likeness (QED) is 0.349. The Labute approximate surface area is 58.2 Å². The van der Waals surface area contributed by atoms with Crippen LogP contribution in [0, 0.1) is 0 Å². The van der Waals surface area contributed by atoms with Crippen molar-refractivity contribution < 1.29 is 48.7 Å². The Hall–Kier alpha value is 0.866. The van der Waals surface area contributed by atoms with Crippen molar-refractivity contribution in [3.63, 3.8) is 0 Å². The monoisotopic (exact) mass is 183 g/mol. The van der Waals surface area contributed by atoms with E-state index in [-0.39, 0.29) is 29.5 Å². The predicted octanol–water partition coefficient (Wildman–Crippen LogP) is -8.14. The molecule has 0 N–H and O–H groups in total. The third kappa shape index (κ3) is 217. The first-order valence-electron chi connectivity index (χ1n) is 0.816. The molecule has 7 heteroatoms. The first-order valence-corrected chi connectivity index (χ1v) is 2.45. The Morgan fingerprint density at radius 2 is 0.857 bits per heavy atom. The van der Waals surface area contributed by atoms with Crippen LogP contribution in [0.3, 0.4) is 0 Å². The van der Waals surface area contributed by atoms with Crippen LogP contribution in [0.15, 0.2) is 0 Å². The van der Waals surface area contributed by atoms with Gasteiger partial charge in [0.2, 0.25) is 0 Å². The summed E-state index contributed by atoms with van der Waals surface area (Å²) in [5.41, 5.74) is 0. The van der Waals surface area contributed by atoms with E-state index < -0.39 is 9.05 Å². The maximum atomic E-state index is 8.58. The minimum Gasteiger partial charge on any atom is -1.00 e. The average molecular weight is 183 g/mol. The summed E-state index contributed by atoms with van der Waals surface area (Å²) in [6.45, 7) is 0. The fraction of sp³-hybridized carbons (Fsp3) is 0. The fourth-order valence-electron chi connectivity index (χ4n) is 0. The summed E-state index contributed by atoms with van der Waals surface area (Å²) in [5.74, 6) is 0. The van der Waals surface area contributed by atoms with Crippen LogP contribution in [0.2, 0.25) is 0 Å². The average Bonchev–Trinajstić information content (AvgIpc) is 0.722. The molecule has 0 aromatic rings. The van der Waals surface area contributed by atoms with Gasteiger partial charge < -0.3 is 40.6 Å². The molecule has 0 spiro atoms. The normalized spacial score (nSPS) is 8.57. The fourth-order valence-corrected chi connectivity index (χ4v) is 0. The van der Waals surface area contributed by atoms with Crippen LogP contribution in [-0.4, -0.2) is 9.05 Å². The van der Waals surface area contributed by atoms with E-state index in [9.17, 15) is 0 Å². The van der Waals surface area contributed by atoms with Gasteiger partial charge in [-0.3, -0.25) is 0 Å². The number of hydrogen-bond acceptors (Lipinski definition) is 4. The van der Waals surface area contributed by atoms with Crippen molar-refractivity contribution in [3.8, 4) is 0 Å². The van der Waals surface area contributed by atoms with Gasteiger partial charge in [0.25, 0.3) is 0 Å². The SMILES string of the molecule is [Cl-].[Fe+5].[O-][Si]([O-])([O-])[O-]. The van der Waals surface area contributed by atoms with E-state index >= 15 is 0 Å². The van der Waals surface area contributed by atoms with Crippen molar-refractivity contribution in [2.45, 2.75) is 0 Å². The molecular weight excluding hydrogens is 183 g/mol. The Morgan fingerprint density at radius 3 is 0.857 bits per heavy atom. The summed E-state index contributed by atoms with van der Waals surface area (Å²) in [7, 11) is -5.61. The van der Waals surface area contributed by atoms with E-state index in [1.807, 2.05) is 0 Å². The van der Waals surface area contributed by atoms with Gasteiger partial charge in [0, 0.05) is 0 Å². The van der Waals surface area contributed by atoms with Crippen molar-refractivity contribution in [1.29, 1.82) is 0 Å². The zero-order chi connectivity index (χ0) is 4.50. The molecule has 0 aliphatic heterocycles. The molecule has 1 radical (unpaired) electrons. The molecule has 43 valence electrons. The van der Waals surface area contributed by atoms with E-state index in [4.69, 9.17) is 19.2 Å². The number of hydrogen-bond donors (Lipinski definition) is 0. The number of rotatable bonds is 0. The molecule has 0 bridgehead atoms. The molecule has 0 aromatic carbocycles. The molecule has 4 nitrogen and oxygen atoms in total. The van der Waals surface area contributed by atoms with Crippen LogP contribution in [0.25, 0.3) is 0 Å². The Balaban J connectivity index is -0.0000000800. The molecule has 7 heavy (non-hydrogen) atoms. The smallest absolute Gasteiger partial charge is 1.00 e. The van der Waals surface area contributed by atoms with Gasteiger partial charge in [-0.2, -0.15) is 0 Å². The van der Waals surface area contributed by atoms with Gasteiger partial charge in [-0.25, -0.2) is 0 Å². The second-order valence-electron chi connectivity index (χ2n) is 0.500. The first kappa shape index (κ1) is 15.7. The molecule has 0 saturated carbocycles. The van der Waals surface area contributed by atoms with E-state index in [1.54, 1.807) is 0 Å². The van der Waals surface area contributed by atoms with E-state index in [0.717, 1.165) is 0 Å². The molecule has 0 unspecified atom stereocenters. The van der Waals surface area contributed by atoms with Crippen LogP contribution < -0.4 is 31.6 Å². The van der Waals surface area contributed by atoms with Gasteiger partial charge in [-0.15, -0.1) is 0 Å². The Morgan fingerprint density at radius 1 is 0.857 bits per heavy atom. The van der Waals surface area contributed by atoms with Crippen LogP contribution in [0.5, 0.6) is 0 Å². The van der Waals surface area contributed by atoms with Gasteiger partial charge >= 0.3 is 17.1 Å². The van der Waals surface area contributed by atoms with Crippen LogP contribution in [0.1, 0.15) is 0 Å². The molecule has 0 atom stereocenters. The van der Waals surface area contributed by atoms with E-state index in [2.05, 4.69) is 0 Å². The molecule has 0 aromatic heterocycles. The molecular formula is ClFeO4Si. The topological polar surface area (TPSA) is 92.2 Å². The van der Waals surface area contributed by atoms with Crippen LogP contribution in [-0.2, 0) is 17.1 Å². The minimum atomic E-state index is -5.61. The minimum absolute atomic E-state index is 0. The summed E-state index contributed by atoms with van der Waals surface area (Å²) < 4.78 is 0. The first-order chi connectivity index (χ1) is 2.00. The summed E-state index contributed by atoms with van der Waals surface area (Å²) in [6.07, 6.45) is 0. The van der Waals surface area contributed by atoms with Crippen molar-refractivity contribution in [2.24, 2.45) is 0 Å². The maximum absolute atomic E-state index is 8.58. The van der Waals surface area contributed by atoms with Gasteiger partial charge in [0.15, 0.2) is 0 Å². The third-order valence-corrected chi connectivity index (χ3v) is 0. The second kappa shape index (κ2) is 5.01. The van der Waals surface area contributed by atoms with Crippen molar-refractivity contribution in [2.75, 3.05) is 0 Å². The van der Waals surface area contributed by atoms with E-state index in [1.165, 1.54) is 0 Å². The third-order valence-electron chi connectivity index (χ3n) is 0. The predicted molar refractivity (Wildman–Crippen MR) is 5.75 cm³/mol. The van der Waals surface area contributed by atoms with Gasteiger partial charge in [0.1, 0.15) is 0 Å².